The topological polar surface area (TPSA) is 54.0 Å². The second kappa shape index (κ2) is 6.39. The van der Waals surface area contributed by atoms with Crippen LogP contribution in [0.5, 0.6) is 17.2 Å². The molecule has 0 amide bonds. The van der Waals surface area contributed by atoms with Crippen molar-refractivity contribution in [3.63, 3.8) is 0 Å². The SMILES string of the molecule is COC(=O)c1cc2c(c(OCc3ccccc3)c1)OCCO2. The smallest absolute Gasteiger partial charge is 0.338 e. The molecule has 1 aliphatic rings. The van der Waals surface area contributed by atoms with Crippen molar-refractivity contribution in [3.05, 3.63) is 53.6 Å². The molecule has 0 spiro atoms. The molecule has 0 aromatic heterocycles. The highest BCUT2D eigenvalue weighted by atomic mass is 16.6. The molecule has 0 unspecified atom stereocenters. The summed E-state index contributed by atoms with van der Waals surface area (Å²) in [4.78, 5) is 11.8. The summed E-state index contributed by atoms with van der Waals surface area (Å²) in [7, 11) is 1.34. The van der Waals surface area contributed by atoms with Crippen molar-refractivity contribution in [2.24, 2.45) is 0 Å². The van der Waals surface area contributed by atoms with Crippen LogP contribution in [0.1, 0.15) is 15.9 Å². The molecule has 0 saturated carbocycles. The molecule has 5 nitrogen and oxygen atoms in total. The first-order valence-corrected chi connectivity index (χ1v) is 6.96. The monoisotopic (exact) mass is 300 g/mol. The highest BCUT2D eigenvalue weighted by molar-refractivity contribution is 5.91. The zero-order valence-corrected chi connectivity index (χ0v) is 12.2. The van der Waals surface area contributed by atoms with Gasteiger partial charge in [0.1, 0.15) is 19.8 Å². The molecule has 1 heterocycles. The average Bonchev–Trinajstić information content (AvgIpc) is 2.59. The quantitative estimate of drug-likeness (QED) is 0.813. The van der Waals surface area contributed by atoms with E-state index in [1.165, 1.54) is 7.11 Å². The summed E-state index contributed by atoms with van der Waals surface area (Å²) in [5, 5.41) is 0. The number of carbonyl (C=O) groups is 1. The van der Waals surface area contributed by atoms with Crippen molar-refractivity contribution in [1.29, 1.82) is 0 Å². The molecule has 22 heavy (non-hydrogen) atoms. The van der Waals surface area contributed by atoms with Crippen molar-refractivity contribution < 1.29 is 23.7 Å². The molecule has 2 aromatic rings. The molecule has 0 N–H and O–H groups in total. The van der Waals surface area contributed by atoms with Gasteiger partial charge in [-0.3, -0.25) is 0 Å². The Labute approximate surface area is 128 Å². The van der Waals surface area contributed by atoms with Gasteiger partial charge in [-0.2, -0.15) is 0 Å². The van der Waals surface area contributed by atoms with E-state index in [1.54, 1.807) is 12.1 Å². The maximum absolute atomic E-state index is 11.8. The van der Waals surface area contributed by atoms with Gasteiger partial charge in [0.25, 0.3) is 0 Å². The fourth-order valence-corrected chi connectivity index (χ4v) is 2.20. The molecular weight excluding hydrogens is 284 g/mol. The summed E-state index contributed by atoms with van der Waals surface area (Å²) in [5.74, 6) is 1.05. The maximum Gasteiger partial charge on any atom is 0.338 e. The normalized spacial score (nSPS) is 12.6. The second-order valence-corrected chi connectivity index (χ2v) is 4.76. The molecule has 0 saturated heterocycles. The lowest BCUT2D eigenvalue weighted by atomic mass is 10.1. The van der Waals surface area contributed by atoms with Crippen LogP contribution in [0, 0.1) is 0 Å². The molecule has 0 aliphatic carbocycles. The van der Waals surface area contributed by atoms with Crippen LogP contribution in [-0.4, -0.2) is 26.3 Å². The summed E-state index contributed by atoms with van der Waals surface area (Å²) in [6, 6.07) is 13.0. The summed E-state index contributed by atoms with van der Waals surface area (Å²) < 4.78 is 21.7. The number of methoxy groups -OCH3 is 1. The number of rotatable bonds is 4. The minimum atomic E-state index is -0.443. The molecule has 0 bridgehead atoms. The van der Waals surface area contributed by atoms with E-state index in [4.69, 9.17) is 18.9 Å². The summed E-state index contributed by atoms with van der Waals surface area (Å²) in [5.41, 5.74) is 1.39. The Morgan fingerprint density at radius 3 is 2.68 bits per heavy atom. The minimum absolute atomic E-state index is 0.370. The fourth-order valence-electron chi connectivity index (χ4n) is 2.20. The van der Waals surface area contributed by atoms with Gasteiger partial charge >= 0.3 is 5.97 Å². The van der Waals surface area contributed by atoms with Crippen LogP contribution in [0.2, 0.25) is 0 Å². The highest BCUT2D eigenvalue weighted by Crippen LogP contribution is 2.41. The molecule has 114 valence electrons. The molecule has 5 heteroatoms. The van der Waals surface area contributed by atoms with Crippen molar-refractivity contribution in [2.45, 2.75) is 6.61 Å². The molecule has 3 rings (SSSR count). The molecule has 1 aliphatic heterocycles. The summed E-state index contributed by atoms with van der Waals surface area (Å²) in [6.07, 6.45) is 0. The lowest BCUT2D eigenvalue weighted by Crippen LogP contribution is -2.17. The second-order valence-electron chi connectivity index (χ2n) is 4.76. The number of carbonyl (C=O) groups excluding carboxylic acids is 1. The lowest BCUT2D eigenvalue weighted by molar-refractivity contribution is 0.0598. The zero-order chi connectivity index (χ0) is 15.4. The molecule has 0 atom stereocenters. The van der Waals surface area contributed by atoms with Crippen LogP contribution in [-0.2, 0) is 11.3 Å². The number of benzene rings is 2. The van der Waals surface area contributed by atoms with E-state index in [0.717, 1.165) is 5.56 Å². The van der Waals surface area contributed by atoms with Gasteiger partial charge in [0.2, 0.25) is 5.75 Å². The van der Waals surface area contributed by atoms with E-state index in [2.05, 4.69) is 0 Å². The molecular formula is C17H16O5. The highest BCUT2D eigenvalue weighted by Gasteiger charge is 2.21. The van der Waals surface area contributed by atoms with Crippen LogP contribution in [0.15, 0.2) is 42.5 Å². The minimum Gasteiger partial charge on any atom is -0.486 e. The number of hydrogen-bond donors (Lipinski definition) is 0. The fraction of sp³-hybridized carbons (Fsp3) is 0.235. The predicted octanol–water partition coefficient (Wildman–Crippen LogP) is 2.82. The van der Waals surface area contributed by atoms with Gasteiger partial charge < -0.3 is 18.9 Å². The van der Waals surface area contributed by atoms with Crippen LogP contribution >= 0.6 is 0 Å². The summed E-state index contributed by atoms with van der Waals surface area (Å²) >= 11 is 0. The molecule has 2 aromatic carbocycles. The Hall–Kier alpha value is -2.69. The van der Waals surface area contributed by atoms with E-state index in [-0.39, 0.29) is 0 Å². The Bertz CT molecular complexity index is 666. The van der Waals surface area contributed by atoms with Crippen LogP contribution < -0.4 is 14.2 Å². The van der Waals surface area contributed by atoms with E-state index >= 15 is 0 Å². The largest absolute Gasteiger partial charge is 0.486 e. The van der Waals surface area contributed by atoms with E-state index in [1.807, 2.05) is 30.3 Å². The van der Waals surface area contributed by atoms with Gasteiger partial charge in [0.15, 0.2) is 11.5 Å². The standard InChI is InChI=1S/C17H16O5/c1-19-17(18)13-9-14-16(21-8-7-20-14)15(10-13)22-11-12-5-3-2-4-6-12/h2-6,9-10H,7-8,11H2,1H3. The third-order valence-electron chi connectivity index (χ3n) is 3.27. The Balaban J connectivity index is 1.89. The number of ether oxygens (including phenoxy) is 4. The first-order valence-electron chi connectivity index (χ1n) is 6.96. The Morgan fingerprint density at radius 2 is 1.91 bits per heavy atom. The van der Waals surface area contributed by atoms with Gasteiger partial charge in [-0.1, -0.05) is 30.3 Å². The van der Waals surface area contributed by atoms with Crippen LogP contribution in [0.4, 0.5) is 0 Å². The Morgan fingerprint density at radius 1 is 1.14 bits per heavy atom. The van der Waals surface area contributed by atoms with E-state index in [9.17, 15) is 4.79 Å². The average molecular weight is 300 g/mol. The van der Waals surface area contributed by atoms with Crippen molar-refractivity contribution >= 4 is 5.97 Å². The van der Waals surface area contributed by atoms with Crippen LogP contribution in [0.25, 0.3) is 0 Å². The molecule has 0 fully saturated rings. The van der Waals surface area contributed by atoms with E-state index < -0.39 is 5.97 Å². The maximum atomic E-state index is 11.8. The van der Waals surface area contributed by atoms with Crippen LogP contribution in [0.3, 0.4) is 0 Å². The Kier molecular flexibility index (Phi) is 4.14. The lowest BCUT2D eigenvalue weighted by Gasteiger charge is -2.22. The molecule has 0 radical (unpaired) electrons. The van der Waals surface area contributed by atoms with Gasteiger partial charge in [0.05, 0.1) is 12.7 Å². The van der Waals surface area contributed by atoms with Crippen molar-refractivity contribution in [3.8, 4) is 17.2 Å². The number of fused-ring (bicyclic) bond motifs is 1. The van der Waals surface area contributed by atoms with E-state index in [0.29, 0.717) is 42.6 Å². The third-order valence-corrected chi connectivity index (χ3v) is 3.27. The number of hydrogen-bond acceptors (Lipinski definition) is 5. The van der Waals surface area contributed by atoms with Crippen molar-refractivity contribution in [2.75, 3.05) is 20.3 Å². The zero-order valence-electron chi connectivity index (χ0n) is 12.2. The van der Waals surface area contributed by atoms with Gasteiger partial charge in [-0.05, 0) is 17.7 Å². The number of esters is 1. The van der Waals surface area contributed by atoms with Gasteiger partial charge in [0, 0.05) is 0 Å². The third kappa shape index (κ3) is 2.98. The van der Waals surface area contributed by atoms with Crippen molar-refractivity contribution in [1.82, 2.24) is 0 Å². The summed E-state index contributed by atoms with van der Waals surface area (Å²) in [6.45, 7) is 1.27. The first-order chi connectivity index (χ1) is 10.8. The predicted molar refractivity (Wildman–Crippen MR) is 79.5 cm³/mol. The first kappa shape index (κ1) is 14.3. The van der Waals surface area contributed by atoms with Gasteiger partial charge in [-0.25, -0.2) is 4.79 Å². The van der Waals surface area contributed by atoms with Gasteiger partial charge in [-0.15, -0.1) is 0 Å².